The van der Waals surface area contributed by atoms with E-state index in [1.54, 1.807) is 10.6 Å². The number of ether oxygens (including phenoxy) is 1. The number of nitrogens with zero attached hydrogens (tertiary/aromatic N) is 2. The Morgan fingerprint density at radius 3 is 2.57 bits per heavy atom. The van der Waals surface area contributed by atoms with E-state index in [0.717, 1.165) is 6.42 Å². The van der Waals surface area contributed by atoms with Crippen LogP contribution in [0.5, 0.6) is 5.75 Å². The normalized spacial score (nSPS) is 13.1. The lowest BCUT2D eigenvalue weighted by Gasteiger charge is -2.20. The van der Waals surface area contributed by atoms with E-state index in [9.17, 15) is 9.59 Å². The summed E-state index contributed by atoms with van der Waals surface area (Å²) in [5, 5.41) is 3.61. The third-order valence-corrected chi connectivity index (χ3v) is 5.97. The number of amides is 1. The number of hydrogen-bond acceptors (Lipinski definition) is 5. The molecule has 3 aromatic rings. The van der Waals surface area contributed by atoms with Gasteiger partial charge in [0.1, 0.15) is 5.75 Å². The zero-order valence-electron chi connectivity index (χ0n) is 17.7. The van der Waals surface area contributed by atoms with Gasteiger partial charge in [-0.1, -0.05) is 43.0 Å². The molecule has 0 saturated carbocycles. The van der Waals surface area contributed by atoms with E-state index in [0.29, 0.717) is 34.1 Å². The summed E-state index contributed by atoms with van der Waals surface area (Å²) in [4.78, 5) is 30.7. The molecular weight excluding hydrogens is 398 g/mol. The van der Waals surface area contributed by atoms with Crippen LogP contribution in [0.2, 0.25) is 0 Å². The summed E-state index contributed by atoms with van der Waals surface area (Å²) in [7, 11) is 0. The maximum Gasteiger partial charge on any atom is 0.262 e. The number of carbonyl (C=O) groups excluding carboxylic acids is 1. The second kappa shape index (κ2) is 9.80. The highest BCUT2D eigenvalue weighted by molar-refractivity contribution is 8.00. The van der Waals surface area contributed by atoms with E-state index >= 15 is 0 Å². The summed E-state index contributed by atoms with van der Waals surface area (Å²) in [5.74, 6) is 0.455. The first kappa shape index (κ1) is 21.9. The molecule has 0 bridgehead atoms. The minimum atomic E-state index is -0.456. The van der Waals surface area contributed by atoms with Crippen LogP contribution in [0.3, 0.4) is 0 Å². The maximum atomic E-state index is 13.1. The summed E-state index contributed by atoms with van der Waals surface area (Å²) >= 11 is 1.29. The number of nitrogens with one attached hydrogen (secondary N) is 1. The third kappa shape index (κ3) is 4.67. The zero-order chi connectivity index (χ0) is 21.7. The van der Waals surface area contributed by atoms with Crippen LogP contribution in [0.1, 0.15) is 40.2 Å². The highest BCUT2D eigenvalue weighted by atomic mass is 32.2. The van der Waals surface area contributed by atoms with Crippen molar-refractivity contribution >= 4 is 34.3 Å². The fourth-order valence-electron chi connectivity index (χ4n) is 3.08. The quantitative estimate of drug-likeness (QED) is 0.411. The minimum Gasteiger partial charge on any atom is -0.492 e. The van der Waals surface area contributed by atoms with Gasteiger partial charge in [0.05, 0.1) is 28.4 Å². The van der Waals surface area contributed by atoms with Gasteiger partial charge in [0, 0.05) is 6.04 Å². The Bertz CT molecular complexity index is 1100. The number of carbonyl (C=O) groups is 1. The van der Waals surface area contributed by atoms with E-state index in [-0.39, 0.29) is 17.5 Å². The molecule has 3 rings (SSSR count). The number of para-hydroxylation sites is 3. The van der Waals surface area contributed by atoms with Crippen molar-refractivity contribution in [2.45, 2.75) is 50.6 Å². The summed E-state index contributed by atoms with van der Waals surface area (Å²) < 4.78 is 7.28. The summed E-state index contributed by atoms with van der Waals surface area (Å²) in [6.45, 7) is 8.24. The number of aromatic nitrogens is 2. The molecular formula is C23H27N3O3S. The van der Waals surface area contributed by atoms with Crippen molar-refractivity contribution in [3.63, 3.8) is 0 Å². The molecule has 1 aromatic heterocycles. The molecule has 2 aromatic carbocycles. The number of hydrogen-bond donors (Lipinski definition) is 1. The van der Waals surface area contributed by atoms with Crippen molar-refractivity contribution in [1.29, 1.82) is 0 Å². The average molecular weight is 426 g/mol. The highest BCUT2D eigenvalue weighted by Crippen LogP contribution is 2.28. The highest BCUT2D eigenvalue weighted by Gasteiger charge is 2.22. The molecule has 2 atom stereocenters. The van der Waals surface area contributed by atoms with Crippen LogP contribution in [-0.2, 0) is 4.79 Å². The second-order valence-electron chi connectivity index (χ2n) is 7.02. The van der Waals surface area contributed by atoms with E-state index in [1.807, 2.05) is 70.2 Å². The van der Waals surface area contributed by atoms with Crippen molar-refractivity contribution in [2.24, 2.45) is 0 Å². The number of thioether (sulfide) groups is 1. The largest absolute Gasteiger partial charge is 0.492 e. The lowest BCUT2D eigenvalue weighted by molar-refractivity contribution is -0.115. The van der Waals surface area contributed by atoms with Gasteiger partial charge < -0.3 is 10.1 Å². The van der Waals surface area contributed by atoms with Crippen molar-refractivity contribution in [2.75, 3.05) is 11.9 Å². The van der Waals surface area contributed by atoms with Crippen LogP contribution in [0.15, 0.2) is 58.5 Å². The van der Waals surface area contributed by atoms with Gasteiger partial charge in [0.15, 0.2) is 5.16 Å². The summed E-state index contributed by atoms with van der Waals surface area (Å²) in [6, 6.07) is 14.6. The molecule has 0 spiro atoms. The molecule has 7 heteroatoms. The minimum absolute atomic E-state index is 0.0222. The molecule has 6 nitrogen and oxygen atoms in total. The number of fused-ring (bicyclic) bond motifs is 1. The molecule has 158 valence electrons. The van der Waals surface area contributed by atoms with Crippen molar-refractivity contribution in [1.82, 2.24) is 9.55 Å². The lowest BCUT2D eigenvalue weighted by atomic mass is 10.2. The molecule has 0 saturated heterocycles. The fourth-order valence-corrected chi connectivity index (χ4v) is 4.09. The Balaban J connectivity index is 1.90. The van der Waals surface area contributed by atoms with Crippen molar-refractivity contribution in [3.05, 3.63) is 58.9 Å². The average Bonchev–Trinajstić information content (AvgIpc) is 2.75. The zero-order valence-corrected chi connectivity index (χ0v) is 18.5. The van der Waals surface area contributed by atoms with Crippen LogP contribution in [-0.4, -0.2) is 27.3 Å². The first-order valence-corrected chi connectivity index (χ1v) is 11.0. The van der Waals surface area contributed by atoms with E-state index < -0.39 is 5.25 Å². The summed E-state index contributed by atoms with van der Waals surface area (Å²) in [5.41, 5.74) is 1.19. The molecule has 30 heavy (non-hydrogen) atoms. The lowest BCUT2D eigenvalue weighted by Crippen LogP contribution is -2.28. The van der Waals surface area contributed by atoms with Crippen molar-refractivity contribution in [3.8, 4) is 5.75 Å². The van der Waals surface area contributed by atoms with Gasteiger partial charge in [-0.25, -0.2) is 4.98 Å². The smallest absolute Gasteiger partial charge is 0.262 e. The number of rotatable bonds is 8. The first-order chi connectivity index (χ1) is 14.5. The molecule has 1 heterocycles. The molecule has 1 N–H and O–H groups in total. The van der Waals surface area contributed by atoms with Gasteiger partial charge in [-0.05, 0) is 51.5 Å². The monoisotopic (exact) mass is 425 g/mol. The van der Waals surface area contributed by atoms with E-state index in [4.69, 9.17) is 9.72 Å². The van der Waals surface area contributed by atoms with Gasteiger partial charge in [0.25, 0.3) is 5.56 Å². The Morgan fingerprint density at radius 1 is 1.13 bits per heavy atom. The molecule has 0 unspecified atom stereocenters. The number of anilines is 1. The molecule has 0 fully saturated rings. The van der Waals surface area contributed by atoms with Crippen LogP contribution in [0.25, 0.3) is 10.9 Å². The summed E-state index contributed by atoms with van der Waals surface area (Å²) in [6.07, 6.45) is 0.787. The first-order valence-electron chi connectivity index (χ1n) is 10.2. The van der Waals surface area contributed by atoms with Crippen LogP contribution in [0, 0.1) is 0 Å². The van der Waals surface area contributed by atoms with Gasteiger partial charge in [-0.15, -0.1) is 0 Å². The SMILES string of the molecule is CCOc1ccccc1NC(=O)[C@@H](C)Sc1nc2ccccc2c(=O)n1[C@@H](C)CC. The topological polar surface area (TPSA) is 73.2 Å². The molecule has 0 aliphatic rings. The number of benzene rings is 2. The second-order valence-corrected chi connectivity index (χ2v) is 8.33. The van der Waals surface area contributed by atoms with Gasteiger partial charge in [0.2, 0.25) is 5.91 Å². The predicted octanol–water partition coefficient (Wildman–Crippen LogP) is 4.89. The Kier molecular flexibility index (Phi) is 7.15. The predicted molar refractivity (Wildman–Crippen MR) is 123 cm³/mol. The van der Waals surface area contributed by atoms with Crippen molar-refractivity contribution < 1.29 is 9.53 Å². The van der Waals surface area contributed by atoms with Gasteiger partial charge in [-0.2, -0.15) is 0 Å². The Labute approximate surface area is 180 Å². The molecule has 0 aliphatic heterocycles. The molecule has 0 aliphatic carbocycles. The van der Waals surface area contributed by atoms with Gasteiger partial charge >= 0.3 is 0 Å². The molecule has 0 radical (unpaired) electrons. The van der Waals surface area contributed by atoms with E-state index in [1.165, 1.54) is 11.8 Å². The standard InChI is InChI=1S/C23H27N3O3S/c1-5-15(3)26-22(28)17-11-7-8-12-18(17)25-23(26)30-16(4)21(27)24-19-13-9-10-14-20(19)29-6-2/h7-16H,5-6H2,1-4H3,(H,24,27)/t15-,16+/m0/s1. The van der Waals surface area contributed by atoms with Gasteiger partial charge in [-0.3, -0.25) is 14.2 Å². The Hall–Kier alpha value is -2.80. The van der Waals surface area contributed by atoms with Crippen LogP contribution >= 0.6 is 11.8 Å². The van der Waals surface area contributed by atoms with E-state index in [2.05, 4.69) is 5.32 Å². The molecule has 1 amide bonds. The maximum absolute atomic E-state index is 13.1. The third-order valence-electron chi connectivity index (χ3n) is 4.90. The van der Waals surface area contributed by atoms with Crippen LogP contribution in [0.4, 0.5) is 5.69 Å². The fraction of sp³-hybridized carbons (Fsp3) is 0.348. The Morgan fingerprint density at radius 2 is 1.83 bits per heavy atom. The van der Waals surface area contributed by atoms with Crippen LogP contribution < -0.4 is 15.6 Å².